The summed E-state index contributed by atoms with van der Waals surface area (Å²) in [7, 11) is 1.80. The molecule has 2 aromatic rings. The topological polar surface area (TPSA) is 49.4 Å². The Balaban J connectivity index is 1.69. The van der Waals surface area contributed by atoms with Gasteiger partial charge in [0.25, 0.3) is 0 Å². The Morgan fingerprint density at radius 3 is 2.48 bits per heavy atom. The molecule has 2 aliphatic rings. The van der Waals surface area contributed by atoms with Crippen LogP contribution in [-0.4, -0.2) is 24.9 Å². The number of hydrogen-bond donors (Lipinski definition) is 1. The summed E-state index contributed by atoms with van der Waals surface area (Å²) < 4.78 is 0. The minimum Gasteiger partial charge on any atom is -0.353 e. The van der Waals surface area contributed by atoms with Gasteiger partial charge in [0.1, 0.15) is 0 Å². The highest BCUT2D eigenvalue weighted by Gasteiger charge is 2.50. The molecule has 0 saturated heterocycles. The van der Waals surface area contributed by atoms with Crippen molar-refractivity contribution < 1.29 is 9.59 Å². The second-order valence-electron chi connectivity index (χ2n) is 7.51. The highest BCUT2D eigenvalue weighted by atomic mass is 16.2. The van der Waals surface area contributed by atoms with Crippen LogP contribution in [0.25, 0.3) is 0 Å². The zero-order valence-corrected chi connectivity index (χ0v) is 15.5. The summed E-state index contributed by atoms with van der Waals surface area (Å²) in [5, 5.41) is 3.11. The predicted molar refractivity (Wildman–Crippen MR) is 107 cm³/mol. The van der Waals surface area contributed by atoms with Crippen molar-refractivity contribution in [2.75, 3.05) is 11.9 Å². The van der Waals surface area contributed by atoms with E-state index in [4.69, 9.17) is 0 Å². The molecule has 1 atom stereocenters. The van der Waals surface area contributed by atoms with Gasteiger partial charge in [-0.05, 0) is 36.5 Å². The van der Waals surface area contributed by atoms with E-state index in [1.54, 1.807) is 11.9 Å². The molecule has 1 heterocycles. The van der Waals surface area contributed by atoms with Crippen LogP contribution in [0.4, 0.5) is 5.69 Å². The van der Waals surface area contributed by atoms with E-state index in [0.29, 0.717) is 6.42 Å². The molecular weight excluding hydrogens is 336 g/mol. The van der Waals surface area contributed by atoms with Gasteiger partial charge in [0.05, 0.1) is 5.41 Å². The number of nitrogens with zero attached hydrogens (tertiary/aromatic N) is 1. The van der Waals surface area contributed by atoms with Crippen LogP contribution in [-0.2, 0) is 21.4 Å². The molecule has 0 saturated carbocycles. The summed E-state index contributed by atoms with van der Waals surface area (Å²) in [5.74, 6) is -0.0645. The molecule has 0 aromatic heterocycles. The van der Waals surface area contributed by atoms with Crippen molar-refractivity contribution in [1.82, 2.24) is 5.32 Å². The van der Waals surface area contributed by atoms with Crippen LogP contribution in [0.15, 0.2) is 66.7 Å². The van der Waals surface area contributed by atoms with E-state index >= 15 is 0 Å². The standard InChI is InChI=1S/C23H24N2O2/c1-25-20-14-8-7-13-19(20)23(22(25)27,15-17-9-3-2-4-10-17)16-21(26)24-18-11-5-6-12-18/h2-10,13-14,18H,11-12,15-16H2,1H3,(H,24,26)/t23-/m1/s1. The van der Waals surface area contributed by atoms with E-state index in [1.165, 1.54) is 0 Å². The van der Waals surface area contributed by atoms with Crippen LogP contribution in [0.1, 0.15) is 30.4 Å². The summed E-state index contributed by atoms with van der Waals surface area (Å²) in [6, 6.07) is 17.9. The van der Waals surface area contributed by atoms with Gasteiger partial charge in [-0.15, -0.1) is 0 Å². The third-order valence-electron chi connectivity index (χ3n) is 5.68. The number of benzene rings is 2. The molecule has 0 fully saturated rings. The third-order valence-corrected chi connectivity index (χ3v) is 5.68. The van der Waals surface area contributed by atoms with Crippen LogP contribution in [0.3, 0.4) is 0 Å². The van der Waals surface area contributed by atoms with Crippen LogP contribution in [0.5, 0.6) is 0 Å². The lowest BCUT2D eigenvalue weighted by molar-refractivity contribution is -0.129. The molecular formula is C23H24N2O2. The molecule has 0 spiro atoms. The molecule has 138 valence electrons. The molecule has 2 amide bonds. The van der Waals surface area contributed by atoms with Gasteiger partial charge in [0, 0.05) is 25.2 Å². The Kier molecular flexibility index (Phi) is 4.56. The van der Waals surface area contributed by atoms with E-state index in [0.717, 1.165) is 29.7 Å². The number of likely N-dealkylation sites (N-methyl/N-ethyl adjacent to an activating group) is 1. The molecule has 0 radical (unpaired) electrons. The van der Waals surface area contributed by atoms with Crippen molar-refractivity contribution >= 4 is 17.5 Å². The Morgan fingerprint density at radius 2 is 1.74 bits per heavy atom. The van der Waals surface area contributed by atoms with Gasteiger partial charge in [0.2, 0.25) is 11.8 Å². The van der Waals surface area contributed by atoms with Crippen molar-refractivity contribution in [3.05, 3.63) is 77.9 Å². The predicted octanol–water partition coefficient (Wildman–Crippen LogP) is 3.37. The zero-order chi connectivity index (χ0) is 18.9. The number of anilines is 1. The lowest BCUT2D eigenvalue weighted by atomic mass is 9.73. The van der Waals surface area contributed by atoms with Crippen molar-refractivity contribution in [2.45, 2.75) is 37.1 Å². The van der Waals surface area contributed by atoms with Crippen molar-refractivity contribution in [1.29, 1.82) is 0 Å². The largest absolute Gasteiger partial charge is 0.353 e. The van der Waals surface area contributed by atoms with Crippen LogP contribution >= 0.6 is 0 Å². The second kappa shape index (κ2) is 7.03. The number of amides is 2. The summed E-state index contributed by atoms with van der Waals surface area (Å²) in [6.07, 6.45) is 6.59. The van der Waals surface area contributed by atoms with Gasteiger partial charge in [-0.3, -0.25) is 9.59 Å². The van der Waals surface area contributed by atoms with Crippen molar-refractivity contribution in [2.24, 2.45) is 0 Å². The highest BCUT2D eigenvalue weighted by Crippen LogP contribution is 2.45. The maximum atomic E-state index is 13.4. The SMILES string of the molecule is CN1C(=O)[C@@](CC(=O)NC2CC=CC2)(Cc2ccccc2)c2ccccc21. The van der Waals surface area contributed by atoms with Gasteiger partial charge in [0.15, 0.2) is 0 Å². The summed E-state index contributed by atoms with van der Waals surface area (Å²) in [5.41, 5.74) is 2.05. The van der Waals surface area contributed by atoms with Crippen molar-refractivity contribution in [3.8, 4) is 0 Å². The number of carbonyl (C=O) groups excluding carboxylic acids is 2. The van der Waals surface area contributed by atoms with E-state index in [9.17, 15) is 9.59 Å². The summed E-state index contributed by atoms with van der Waals surface area (Å²) in [4.78, 5) is 28.0. The molecule has 2 aromatic carbocycles. The monoisotopic (exact) mass is 360 g/mol. The number of fused-ring (bicyclic) bond motifs is 1. The Labute approximate surface area is 159 Å². The average molecular weight is 360 g/mol. The number of para-hydroxylation sites is 1. The minimum atomic E-state index is -0.858. The van der Waals surface area contributed by atoms with E-state index in [-0.39, 0.29) is 24.3 Å². The normalized spacial score (nSPS) is 21.5. The smallest absolute Gasteiger partial charge is 0.238 e. The Morgan fingerprint density at radius 1 is 1.07 bits per heavy atom. The van der Waals surface area contributed by atoms with Gasteiger partial charge < -0.3 is 10.2 Å². The molecule has 27 heavy (non-hydrogen) atoms. The fourth-order valence-electron chi connectivity index (χ4n) is 4.35. The summed E-state index contributed by atoms with van der Waals surface area (Å²) >= 11 is 0. The molecule has 0 bridgehead atoms. The number of rotatable bonds is 5. The third kappa shape index (κ3) is 3.16. The first-order chi connectivity index (χ1) is 13.1. The van der Waals surface area contributed by atoms with Gasteiger partial charge in [-0.1, -0.05) is 60.7 Å². The second-order valence-corrected chi connectivity index (χ2v) is 7.51. The minimum absolute atomic E-state index is 0.00718. The van der Waals surface area contributed by atoms with Crippen LogP contribution in [0, 0.1) is 0 Å². The van der Waals surface area contributed by atoms with Crippen LogP contribution < -0.4 is 10.2 Å². The first-order valence-electron chi connectivity index (χ1n) is 9.46. The maximum absolute atomic E-state index is 13.4. The van der Waals surface area contributed by atoms with Gasteiger partial charge >= 0.3 is 0 Å². The maximum Gasteiger partial charge on any atom is 0.238 e. The number of nitrogens with one attached hydrogen (secondary N) is 1. The molecule has 0 unspecified atom stereocenters. The molecule has 4 nitrogen and oxygen atoms in total. The number of carbonyl (C=O) groups is 2. The lowest BCUT2D eigenvalue weighted by Gasteiger charge is -2.29. The van der Waals surface area contributed by atoms with Gasteiger partial charge in [-0.2, -0.15) is 0 Å². The first kappa shape index (κ1) is 17.5. The quantitative estimate of drug-likeness (QED) is 0.831. The molecule has 1 N–H and O–H groups in total. The first-order valence-corrected chi connectivity index (χ1v) is 9.46. The number of hydrogen-bond acceptors (Lipinski definition) is 2. The average Bonchev–Trinajstić information content (AvgIpc) is 3.25. The Hall–Kier alpha value is -2.88. The van der Waals surface area contributed by atoms with Crippen LogP contribution in [0.2, 0.25) is 0 Å². The lowest BCUT2D eigenvalue weighted by Crippen LogP contribution is -2.45. The van der Waals surface area contributed by atoms with E-state index in [2.05, 4.69) is 17.5 Å². The zero-order valence-electron chi connectivity index (χ0n) is 15.5. The van der Waals surface area contributed by atoms with E-state index < -0.39 is 5.41 Å². The van der Waals surface area contributed by atoms with E-state index in [1.807, 2.05) is 54.6 Å². The molecule has 1 aliphatic heterocycles. The van der Waals surface area contributed by atoms with Crippen molar-refractivity contribution in [3.63, 3.8) is 0 Å². The molecule has 4 rings (SSSR count). The fourth-order valence-corrected chi connectivity index (χ4v) is 4.35. The Bertz CT molecular complexity index is 882. The summed E-state index contributed by atoms with van der Waals surface area (Å²) in [6.45, 7) is 0. The fraction of sp³-hybridized carbons (Fsp3) is 0.304. The van der Waals surface area contributed by atoms with Gasteiger partial charge in [-0.25, -0.2) is 0 Å². The highest BCUT2D eigenvalue weighted by molar-refractivity contribution is 6.10. The molecule has 4 heteroatoms. The molecule has 1 aliphatic carbocycles.